The molecule has 2 rings (SSSR count). The van der Waals surface area contributed by atoms with E-state index in [4.69, 9.17) is 4.74 Å². The Morgan fingerprint density at radius 3 is 2.33 bits per heavy atom. The Balaban J connectivity index is 1.86. The smallest absolute Gasteiger partial charge is 0.0791 e. The average molecular weight is 343 g/mol. The van der Waals surface area contributed by atoms with Gasteiger partial charge < -0.3 is 20.3 Å². The van der Waals surface area contributed by atoms with Crippen LogP contribution in [0.15, 0.2) is 0 Å². The summed E-state index contributed by atoms with van der Waals surface area (Å²) in [5.41, 5.74) is -0.0266. The second-order valence-corrected chi connectivity index (χ2v) is 9.30. The van der Waals surface area contributed by atoms with Crippen molar-refractivity contribution in [1.82, 2.24) is 10.2 Å². The van der Waals surface area contributed by atoms with Crippen LogP contribution in [0.25, 0.3) is 0 Å². The normalized spacial score (nSPS) is 38.9. The topological polar surface area (TPSA) is 65.0 Å². The molecule has 5 heteroatoms. The number of ether oxygens (including phenoxy) is 1. The lowest BCUT2D eigenvalue weighted by atomic mass is 9.64. The Kier molecular flexibility index (Phi) is 6.71. The molecule has 2 aliphatic rings. The molecule has 1 aliphatic carbocycles. The number of aliphatic hydroxyl groups is 2. The summed E-state index contributed by atoms with van der Waals surface area (Å²) in [7, 11) is 0. The molecule has 0 amide bonds. The maximum Gasteiger partial charge on any atom is 0.0791 e. The molecule has 0 spiro atoms. The van der Waals surface area contributed by atoms with Crippen molar-refractivity contribution in [2.75, 3.05) is 32.8 Å². The van der Waals surface area contributed by atoms with E-state index in [9.17, 15) is 10.2 Å². The number of β-amino-alcohol motifs (C(OH)–C–C–N with tert-alkyl or cyclic N) is 1. The molecule has 1 saturated carbocycles. The van der Waals surface area contributed by atoms with Gasteiger partial charge in [-0.1, -0.05) is 20.8 Å². The molecule has 142 valence electrons. The lowest BCUT2D eigenvalue weighted by molar-refractivity contribution is -0.0771. The Bertz CT molecular complexity index is 394. The molecular formula is C19H38N2O3. The van der Waals surface area contributed by atoms with Crippen molar-refractivity contribution < 1.29 is 14.9 Å². The first-order chi connectivity index (χ1) is 11.1. The number of nitrogens with one attached hydrogen (secondary N) is 1. The van der Waals surface area contributed by atoms with Gasteiger partial charge in [-0.2, -0.15) is 0 Å². The molecule has 3 N–H and O–H groups in total. The van der Waals surface area contributed by atoms with Gasteiger partial charge in [-0.05, 0) is 44.4 Å². The van der Waals surface area contributed by atoms with Crippen LogP contribution in [-0.4, -0.2) is 71.7 Å². The van der Waals surface area contributed by atoms with Crippen molar-refractivity contribution in [2.45, 2.75) is 77.7 Å². The lowest BCUT2D eigenvalue weighted by Gasteiger charge is -2.48. The number of hydrogen-bond acceptors (Lipinski definition) is 5. The zero-order chi connectivity index (χ0) is 18.0. The van der Waals surface area contributed by atoms with Crippen LogP contribution in [0.4, 0.5) is 0 Å². The highest BCUT2D eigenvalue weighted by molar-refractivity contribution is 4.99. The molecule has 2 fully saturated rings. The first kappa shape index (κ1) is 20.1. The number of hydrogen-bond donors (Lipinski definition) is 3. The van der Waals surface area contributed by atoms with E-state index in [2.05, 4.69) is 44.8 Å². The first-order valence-corrected chi connectivity index (χ1v) is 9.55. The maximum absolute atomic E-state index is 10.5. The zero-order valence-corrected chi connectivity index (χ0v) is 16.2. The fraction of sp³-hybridized carbons (Fsp3) is 1.00. The number of morpholine rings is 1. The summed E-state index contributed by atoms with van der Waals surface area (Å²) in [5, 5.41) is 24.0. The van der Waals surface area contributed by atoms with Crippen molar-refractivity contribution in [3.8, 4) is 0 Å². The van der Waals surface area contributed by atoms with Crippen LogP contribution in [0.3, 0.4) is 0 Å². The van der Waals surface area contributed by atoms with Gasteiger partial charge in [-0.15, -0.1) is 0 Å². The maximum atomic E-state index is 10.5. The molecule has 1 heterocycles. The van der Waals surface area contributed by atoms with E-state index >= 15 is 0 Å². The van der Waals surface area contributed by atoms with Crippen LogP contribution in [0.1, 0.15) is 53.9 Å². The minimum absolute atomic E-state index is 0.138. The minimum Gasteiger partial charge on any atom is -0.394 e. The molecular weight excluding hydrogens is 304 g/mol. The van der Waals surface area contributed by atoms with Gasteiger partial charge in [0.2, 0.25) is 0 Å². The Morgan fingerprint density at radius 2 is 1.79 bits per heavy atom. The summed E-state index contributed by atoms with van der Waals surface area (Å²) in [5.74, 6) is 0.589. The summed E-state index contributed by atoms with van der Waals surface area (Å²) in [4.78, 5) is 2.28. The highest BCUT2D eigenvalue weighted by Crippen LogP contribution is 2.43. The summed E-state index contributed by atoms with van der Waals surface area (Å²) in [6, 6.07) is 0. The Hall–Kier alpha value is -0.200. The standard InChI is InChI=1S/C19H38N2O3/c1-14-6-18(4,5)12-19(7-14,13-22)20-8-17(23)11-21-9-15(2)24-16(3)10-21/h14-17,20,22-23H,6-13H2,1-5H3. The Labute approximate surface area is 147 Å². The summed E-state index contributed by atoms with van der Waals surface area (Å²) >= 11 is 0. The van der Waals surface area contributed by atoms with E-state index in [0.717, 1.165) is 25.9 Å². The van der Waals surface area contributed by atoms with E-state index in [-0.39, 0.29) is 29.8 Å². The van der Waals surface area contributed by atoms with E-state index in [1.165, 1.54) is 6.42 Å². The third-order valence-corrected chi connectivity index (χ3v) is 5.44. The fourth-order valence-electron chi connectivity index (χ4n) is 5.18. The van der Waals surface area contributed by atoms with Crippen LogP contribution in [0.5, 0.6) is 0 Å². The second-order valence-electron chi connectivity index (χ2n) is 9.30. The van der Waals surface area contributed by atoms with Crippen molar-refractivity contribution in [1.29, 1.82) is 0 Å². The molecule has 5 atom stereocenters. The monoisotopic (exact) mass is 342 g/mol. The third kappa shape index (κ3) is 5.67. The molecule has 0 aromatic rings. The minimum atomic E-state index is -0.425. The van der Waals surface area contributed by atoms with Crippen LogP contribution in [0, 0.1) is 11.3 Å². The molecule has 5 nitrogen and oxygen atoms in total. The summed E-state index contributed by atoms with van der Waals surface area (Å²) in [6.45, 7) is 14.1. The first-order valence-electron chi connectivity index (χ1n) is 9.55. The van der Waals surface area contributed by atoms with Crippen molar-refractivity contribution >= 4 is 0 Å². The second kappa shape index (κ2) is 8.00. The number of aliphatic hydroxyl groups excluding tert-OH is 2. The van der Waals surface area contributed by atoms with Gasteiger partial charge in [0.25, 0.3) is 0 Å². The van der Waals surface area contributed by atoms with Crippen molar-refractivity contribution in [3.63, 3.8) is 0 Å². The van der Waals surface area contributed by atoms with Crippen LogP contribution in [0.2, 0.25) is 0 Å². The molecule has 0 aromatic heterocycles. The highest BCUT2D eigenvalue weighted by Gasteiger charge is 2.42. The van der Waals surface area contributed by atoms with Gasteiger partial charge in [-0.25, -0.2) is 0 Å². The molecule has 0 bridgehead atoms. The van der Waals surface area contributed by atoms with Crippen molar-refractivity contribution in [3.05, 3.63) is 0 Å². The van der Waals surface area contributed by atoms with Crippen molar-refractivity contribution in [2.24, 2.45) is 11.3 Å². The van der Waals surface area contributed by atoms with Crippen LogP contribution in [-0.2, 0) is 4.74 Å². The summed E-state index contributed by atoms with van der Waals surface area (Å²) in [6.07, 6.45) is 3.15. The SMILES string of the molecule is CC1CC(C)(C)CC(CO)(NCC(O)CN2CC(C)OC(C)C2)C1. The van der Waals surface area contributed by atoms with Gasteiger partial charge in [0, 0.05) is 31.7 Å². The van der Waals surface area contributed by atoms with Gasteiger partial charge in [0.05, 0.1) is 24.9 Å². The number of nitrogens with zero attached hydrogens (tertiary/aromatic N) is 1. The Morgan fingerprint density at radius 1 is 1.17 bits per heavy atom. The van der Waals surface area contributed by atoms with Gasteiger partial charge in [-0.3, -0.25) is 4.90 Å². The van der Waals surface area contributed by atoms with Crippen LogP contribution < -0.4 is 5.32 Å². The molecule has 1 saturated heterocycles. The van der Waals surface area contributed by atoms with Gasteiger partial charge >= 0.3 is 0 Å². The summed E-state index contributed by atoms with van der Waals surface area (Å²) < 4.78 is 5.75. The van der Waals surface area contributed by atoms with E-state index in [1.807, 2.05) is 0 Å². The molecule has 0 aromatic carbocycles. The third-order valence-electron chi connectivity index (χ3n) is 5.44. The molecule has 5 unspecified atom stereocenters. The molecule has 24 heavy (non-hydrogen) atoms. The average Bonchev–Trinajstić information content (AvgIpc) is 2.42. The van der Waals surface area contributed by atoms with Gasteiger partial charge in [0.15, 0.2) is 0 Å². The fourth-order valence-corrected chi connectivity index (χ4v) is 5.18. The number of rotatable bonds is 6. The van der Waals surface area contributed by atoms with E-state index < -0.39 is 6.10 Å². The molecule has 0 radical (unpaired) electrons. The van der Waals surface area contributed by atoms with E-state index in [1.54, 1.807) is 0 Å². The van der Waals surface area contributed by atoms with Gasteiger partial charge in [0.1, 0.15) is 0 Å². The molecule has 1 aliphatic heterocycles. The quantitative estimate of drug-likeness (QED) is 0.685. The lowest BCUT2D eigenvalue weighted by Crippen LogP contribution is -2.58. The van der Waals surface area contributed by atoms with E-state index in [0.29, 0.717) is 19.0 Å². The zero-order valence-electron chi connectivity index (χ0n) is 16.2. The predicted octanol–water partition coefficient (Wildman–Crippen LogP) is 1.62. The predicted molar refractivity (Wildman–Crippen MR) is 97.1 cm³/mol. The highest BCUT2D eigenvalue weighted by atomic mass is 16.5. The van der Waals surface area contributed by atoms with Crippen LogP contribution >= 0.6 is 0 Å². The largest absolute Gasteiger partial charge is 0.394 e.